The molecule has 2 aromatic carbocycles. The molecule has 0 aliphatic carbocycles. The van der Waals surface area contributed by atoms with Crippen LogP contribution in [0, 0.1) is 0 Å². The third kappa shape index (κ3) is 3.95. The summed E-state index contributed by atoms with van der Waals surface area (Å²) in [5.74, 6) is -1.18. The zero-order valence-corrected chi connectivity index (χ0v) is 17.8. The van der Waals surface area contributed by atoms with Gasteiger partial charge in [0.15, 0.2) is 6.61 Å². The van der Waals surface area contributed by atoms with Gasteiger partial charge in [0.1, 0.15) is 0 Å². The van der Waals surface area contributed by atoms with Crippen molar-refractivity contribution >= 4 is 39.2 Å². The van der Waals surface area contributed by atoms with E-state index in [0.717, 1.165) is 30.5 Å². The molecule has 1 amide bonds. The van der Waals surface area contributed by atoms with Gasteiger partial charge in [-0.2, -0.15) is 4.31 Å². The van der Waals surface area contributed by atoms with Gasteiger partial charge in [0.05, 0.1) is 15.5 Å². The summed E-state index contributed by atoms with van der Waals surface area (Å²) in [6.45, 7) is 0.986. The fourth-order valence-corrected chi connectivity index (χ4v) is 5.52. The summed E-state index contributed by atoms with van der Waals surface area (Å²) >= 11 is 6.11. The maximum absolute atomic E-state index is 12.7. The Labute approximate surface area is 180 Å². The number of fused-ring (bicyclic) bond motifs is 1. The summed E-state index contributed by atoms with van der Waals surface area (Å²) in [6.07, 6.45) is 2.37. The van der Waals surface area contributed by atoms with E-state index in [1.54, 1.807) is 4.90 Å². The van der Waals surface area contributed by atoms with Crippen LogP contribution in [0.15, 0.2) is 47.4 Å². The number of sulfonamides is 1. The molecule has 9 heteroatoms. The van der Waals surface area contributed by atoms with Gasteiger partial charge in [-0.05, 0) is 49.1 Å². The Morgan fingerprint density at radius 2 is 1.77 bits per heavy atom. The van der Waals surface area contributed by atoms with E-state index >= 15 is 0 Å². The molecule has 7 nitrogen and oxygen atoms in total. The molecule has 0 unspecified atom stereocenters. The zero-order valence-electron chi connectivity index (χ0n) is 16.2. The van der Waals surface area contributed by atoms with Crippen LogP contribution in [0.5, 0.6) is 0 Å². The number of carbonyl (C=O) groups excluding carboxylic acids is 2. The van der Waals surface area contributed by atoms with Crippen molar-refractivity contribution < 1.29 is 22.7 Å². The van der Waals surface area contributed by atoms with Crippen LogP contribution in [-0.4, -0.2) is 50.8 Å². The summed E-state index contributed by atoms with van der Waals surface area (Å²) in [4.78, 5) is 26.7. The molecule has 2 aliphatic rings. The highest BCUT2D eigenvalue weighted by molar-refractivity contribution is 7.89. The van der Waals surface area contributed by atoms with Crippen molar-refractivity contribution in [3.63, 3.8) is 0 Å². The summed E-state index contributed by atoms with van der Waals surface area (Å²) in [6, 6.07) is 11.5. The lowest BCUT2D eigenvalue weighted by Gasteiger charge is -2.18. The van der Waals surface area contributed by atoms with Crippen LogP contribution in [0.1, 0.15) is 28.8 Å². The molecule has 0 N–H and O–H groups in total. The van der Waals surface area contributed by atoms with E-state index in [4.69, 9.17) is 16.3 Å². The smallest absolute Gasteiger partial charge is 0.340 e. The number of ether oxygens (including phenoxy) is 1. The highest BCUT2D eigenvalue weighted by Crippen LogP contribution is 2.28. The van der Waals surface area contributed by atoms with Crippen molar-refractivity contribution in [2.45, 2.75) is 24.2 Å². The van der Waals surface area contributed by atoms with E-state index in [9.17, 15) is 18.0 Å². The van der Waals surface area contributed by atoms with Crippen molar-refractivity contribution in [3.8, 4) is 0 Å². The largest absolute Gasteiger partial charge is 0.452 e. The number of hydrogen-bond donors (Lipinski definition) is 0. The van der Waals surface area contributed by atoms with Gasteiger partial charge in [0.25, 0.3) is 5.91 Å². The molecule has 4 rings (SSSR count). The minimum Gasteiger partial charge on any atom is -0.452 e. The van der Waals surface area contributed by atoms with Crippen LogP contribution in [0.3, 0.4) is 0 Å². The summed E-state index contributed by atoms with van der Waals surface area (Å²) in [5.41, 5.74) is 1.81. The number of esters is 1. The first-order chi connectivity index (χ1) is 14.4. The van der Waals surface area contributed by atoms with Gasteiger partial charge >= 0.3 is 5.97 Å². The molecule has 0 spiro atoms. The average molecular weight is 449 g/mol. The predicted octanol–water partition coefficient (Wildman–Crippen LogP) is 2.87. The molecule has 0 atom stereocenters. The zero-order chi connectivity index (χ0) is 21.3. The van der Waals surface area contributed by atoms with Crippen molar-refractivity contribution in [2.75, 3.05) is 31.1 Å². The number of amides is 1. The molecule has 0 saturated carbocycles. The highest BCUT2D eigenvalue weighted by Gasteiger charge is 2.29. The number of nitrogens with zero attached hydrogens (tertiary/aromatic N) is 2. The van der Waals surface area contributed by atoms with Gasteiger partial charge in [0.2, 0.25) is 10.0 Å². The number of para-hydroxylation sites is 1. The van der Waals surface area contributed by atoms with Gasteiger partial charge in [-0.15, -0.1) is 0 Å². The lowest BCUT2D eigenvalue weighted by molar-refractivity contribution is -0.121. The van der Waals surface area contributed by atoms with Crippen LogP contribution >= 0.6 is 11.6 Å². The van der Waals surface area contributed by atoms with Crippen LogP contribution < -0.4 is 4.90 Å². The first-order valence-electron chi connectivity index (χ1n) is 9.73. The Hall–Kier alpha value is -2.42. The lowest BCUT2D eigenvalue weighted by atomic mass is 10.2. The second kappa shape index (κ2) is 8.37. The van der Waals surface area contributed by atoms with Crippen LogP contribution in [-0.2, 0) is 26.0 Å². The topological polar surface area (TPSA) is 84.0 Å². The molecular formula is C21H21ClN2O5S. The highest BCUT2D eigenvalue weighted by atomic mass is 35.5. The first kappa shape index (κ1) is 20.8. The van der Waals surface area contributed by atoms with Crippen molar-refractivity contribution in [1.29, 1.82) is 0 Å². The third-order valence-electron chi connectivity index (χ3n) is 5.38. The Morgan fingerprint density at radius 3 is 2.53 bits per heavy atom. The van der Waals surface area contributed by atoms with E-state index < -0.39 is 22.6 Å². The number of benzene rings is 2. The fourth-order valence-electron chi connectivity index (χ4n) is 3.78. The Kier molecular flexibility index (Phi) is 5.81. The van der Waals surface area contributed by atoms with E-state index in [-0.39, 0.29) is 21.4 Å². The first-order valence-corrected chi connectivity index (χ1v) is 11.5. The van der Waals surface area contributed by atoms with Gasteiger partial charge in [-0.1, -0.05) is 29.8 Å². The second-order valence-corrected chi connectivity index (χ2v) is 9.60. The van der Waals surface area contributed by atoms with Crippen molar-refractivity contribution in [2.24, 2.45) is 0 Å². The van der Waals surface area contributed by atoms with E-state index in [2.05, 4.69) is 0 Å². The summed E-state index contributed by atoms with van der Waals surface area (Å²) in [5, 5.41) is 0.0688. The SMILES string of the molecule is O=C(OCC(=O)N1CCc2ccccc21)c1cc(S(=O)(=O)N2CCCC2)ccc1Cl. The molecule has 1 fully saturated rings. The number of rotatable bonds is 5. The molecule has 2 heterocycles. The quantitative estimate of drug-likeness (QED) is 0.657. The van der Waals surface area contributed by atoms with Crippen LogP contribution in [0.2, 0.25) is 5.02 Å². The fraction of sp³-hybridized carbons (Fsp3) is 0.333. The lowest BCUT2D eigenvalue weighted by Crippen LogP contribution is -2.33. The maximum atomic E-state index is 12.7. The van der Waals surface area contributed by atoms with Crippen molar-refractivity contribution in [1.82, 2.24) is 4.31 Å². The van der Waals surface area contributed by atoms with E-state index in [1.165, 1.54) is 22.5 Å². The van der Waals surface area contributed by atoms with E-state index in [1.807, 2.05) is 24.3 Å². The number of halogens is 1. The second-order valence-electron chi connectivity index (χ2n) is 7.25. The Bertz CT molecular complexity index is 1100. The standard InChI is InChI=1S/C21H21ClN2O5S/c22-18-8-7-16(30(27,28)23-10-3-4-11-23)13-17(18)21(26)29-14-20(25)24-12-9-15-5-1-2-6-19(15)24/h1-2,5-8,13H,3-4,9-12,14H2. The average Bonchev–Trinajstić information content (AvgIpc) is 3.42. The Balaban J connectivity index is 1.47. The van der Waals surface area contributed by atoms with Crippen molar-refractivity contribution in [3.05, 3.63) is 58.6 Å². The number of carbonyl (C=O) groups is 2. The van der Waals surface area contributed by atoms with E-state index in [0.29, 0.717) is 19.6 Å². The van der Waals surface area contributed by atoms with Gasteiger partial charge < -0.3 is 9.64 Å². The normalized spacial score (nSPS) is 16.5. The van der Waals surface area contributed by atoms with Gasteiger partial charge in [-0.3, -0.25) is 4.79 Å². The van der Waals surface area contributed by atoms with Crippen LogP contribution in [0.25, 0.3) is 0 Å². The Morgan fingerprint density at radius 1 is 1.03 bits per heavy atom. The third-order valence-corrected chi connectivity index (χ3v) is 7.60. The molecule has 30 heavy (non-hydrogen) atoms. The van der Waals surface area contributed by atoms with Crippen LogP contribution in [0.4, 0.5) is 5.69 Å². The summed E-state index contributed by atoms with van der Waals surface area (Å²) < 4.78 is 32.1. The summed E-state index contributed by atoms with van der Waals surface area (Å²) in [7, 11) is -3.70. The molecule has 0 radical (unpaired) electrons. The molecule has 0 aromatic heterocycles. The molecule has 158 valence electrons. The van der Waals surface area contributed by atoms with Gasteiger partial charge in [-0.25, -0.2) is 13.2 Å². The monoisotopic (exact) mass is 448 g/mol. The number of anilines is 1. The molecule has 2 aromatic rings. The predicted molar refractivity (Wildman–Crippen MR) is 112 cm³/mol. The molecular weight excluding hydrogens is 428 g/mol. The number of hydrogen-bond acceptors (Lipinski definition) is 5. The molecule has 2 aliphatic heterocycles. The minimum atomic E-state index is -3.70. The minimum absolute atomic E-state index is 0.0134. The van der Waals surface area contributed by atoms with Gasteiger partial charge in [0, 0.05) is 25.3 Å². The maximum Gasteiger partial charge on any atom is 0.340 e. The molecule has 1 saturated heterocycles. The molecule has 0 bridgehead atoms.